The topological polar surface area (TPSA) is 130 Å². The maximum Gasteiger partial charge on any atom is 3.00 e. The van der Waals surface area contributed by atoms with Crippen LogP contribution in [0.15, 0.2) is 159 Å². The van der Waals surface area contributed by atoms with Crippen molar-refractivity contribution in [1.29, 1.82) is 0 Å². The molecule has 0 saturated carbocycles. The van der Waals surface area contributed by atoms with Gasteiger partial charge in [-0.25, -0.2) is 0 Å². The Kier molecular flexibility index (Phi) is 32.3. The van der Waals surface area contributed by atoms with Gasteiger partial charge in [0.1, 0.15) is 0 Å². The zero-order valence-electron chi connectivity index (χ0n) is 38.9. The quantitative estimate of drug-likeness (QED) is 0.0655. The van der Waals surface area contributed by atoms with Gasteiger partial charge in [-0.1, -0.05) is 217 Å². The molecule has 27 heteroatoms. The summed E-state index contributed by atoms with van der Waals surface area (Å²) >= 11 is 93.8. The van der Waals surface area contributed by atoms with E-state index >= 15 is 0 Å². The van der Waals surface area contributed by atoms with Crippen molar-refractivity contribution in [3.63, 3.8) is 0 Å². The Morgan fingerprint density at radius 1 is 0.266 bits per heavy atom. The third kappa shape index (κ3) is 27.5. The Bertz CT molecular complexity index is 3060. The van der Waals surface area contributed by atoms with Crippen LogP contribution in [0.1, 0.15) is 0 Å². The van der Waals surface area contributed by atoms with E-state index in [0.717, 1.165) is 0 Å². The van der Waals surface area contributed by atoms with Crippen LogP contribution >= 0.6 is 186 Å². The second kappa shape index (κ2) is 36.1. The van der Waals surface area contributed by atoms with Crippen molar-refractivity contribution in [2.45, 2.75) is 0 Å². The van der Waals surface area contributed by atoms with Gasteiger partial charge in [-0.2, -0.15) is 0 Å². The molecule has 8 rings (SSSR count). The van der Waals surface area contributed by atoms with Gasteiger partial charge in [-0.3, -0.25) is 0 Å². The fraction of sp³-hybridized carbons (Fsp3) is 0. The minimum Gasteiger partial charge on any atom is -0.697 e. The fourth-order valence-corrected chi connectivity index (χ4v) is 9.69. The summed E-state index contributed by atoms with van der Waals surface area (Å²) in [5.74, 6) is 0. The molecule has 8 aromatic rings. The van der Waals surface area contributed by atoms with E-state index in [-0.39, 0.29) is 49.7 Å². The molecule has 0 aliphatic heterocycles. The average molecular weight is 1550 g/mol. The Labute approximate surface area is 561 Å². The van der Waals surface area contributed by atoms with Gasteiger partial charge in [0.25, 0.3) is 0 Å². The van der Waals surface area contributed by atoms with E-state index in [1.165, 1.54) is 37.5 Å². The number of hydrogen-bond donors (Lipinski definition) is 0. The molecular formula is C52H28Cl16N9Ru2. The van der Waals surface area contributed by atoms with E-state index in [2.05, 4.69) is 41.2 Å². The number of aliphatic imine (C=N–C) groups is 4. The first-order valence-electron chi connectivity index (χ1n) is 20.9. The van der Waals surface area contributed by atoms with Crippen LogP contribution in [-0.2, 0) is 39.0 Å². The molecule has 1 radical (unpaired) electrons. The fourth-order valence-electron chi connectivity index (χ4n) is 5.60. The van der Waals surface area contributed by atoms with Crippen molar-refractivity contribution in [3.05, 3.63) is 247 Å². The van der Waals surface area contributed by atoms with Crippen molar-refractivity contribution < 1.29 is 39.0 Å². The molecule has 409 valence electrons. The summed E-state index contributed by atoms with van der Waals surface area (Å²) in [4.78, 5) is 16.5. The number of benzene rings is 8. The summed E-state index contributed by atoms with van der Waals surface area (Å²) < 4.78 is 0. The van der Waals surface area contributed by atoms with E-state index in [1.54, 1.807) is 127 Å². The molecule has 9 nitrogen and oxygen atoms in total. The standard InChI is InChI=1S/C13H7Cl4N3.3C13H7Cl4N2.2Ru/c14-7-1-8(15)3-10(2-7)19-6-20-12-5-9(16)4-11(17)13(12)18;3*14-8-1-9(15)4-12(3-8)18-7-19-13-5-10(16)2-11(17)6-13;;/h1-6,18H;3*1-7H;;/q-2;3*-1;+2;+3. The van der Waals surface area contributed by atoms with Crippen LogP contribution in [0.25, 0.3) is 27.0 Å². The summed E-state index contributed by atoms with van der Waals surface area (Å²) in [5, 5.41) is 24.3. The first-order chi connectivity index (χ1) is 36.5. The molecule has 0 aromatic heterocycles. The van der Waals surface area contributed by atoms with Crippen LogP contribution in [0.2, 0.25) is 80.4 Å². The van der Waals surface area contributed by atoms with E-state index in [0.29, 0.717) is 121 Å². The third-order valence-corrected chi connectivity index (χ3v) is 12.2. The zero-order chi connectivity index (χ0) is 56.2. The molecule has 0 spiro atoms. The number of rotatable bonds is 12. The molecule has 0 atom stereocenters. The first kappa shape index (κ1) is 70.6. The predicted molar refractivity (Wildman–Crippen MR) is 340 cm³/mol. The largest absolute Gasteiger partial charge is 3.00 e. The van der Waals surface area contributed by atoms with Crippen LogP contribution in [0.4, 0.5) is 51.2 Å². The van der Waals surface area contributed by atoms with Crippen molar-refractivity contribution in [2.24, 2.45) is 20.0 Å². The number of halogens is 16. The monoisotopic (exact) mass is 1540 g/mol. The molecule has 0 saturated heterocycles. The molecule has 0 heterocycles. The van der Waals surface area contributed by atoms with Gasteiger partial charge in [0, 0.05) is 80.4 Å². The van der Waals surface area contributed by atoms with Gasteiger partial charge in [-0.15, -0.1) is 5.69 Å². The Morgan fingerprint density at radius 2 is 0.456 bits per heavy atom. The smallest absolute Gasteiger partial charge is 0.697 e. The number of nitrogens with one attached hydrogen (secondary N) is 1. The zero-order valence-corrected chi connectivity index (χ0v) is 54.5. The third-order valence-electron chi connectivity index (χ3n) is 8.61. The summed E-state index contributed by atoms with van der Waals surface area (Å²) in [6.07, 6.45) is 5.47. The van der Waals surface area contributed by atoms with Gasteiger partial charge in [0.05, 0.1) is 0 Å². The van der Waals surface area contributed by atoms with Crippen LogP contribution in [-0.4, -0.2) is 25.4 Å². The molecule has 79 heavy (non-hydrogen) atoms. The van der Waals surface area contributed by atoms with Crippen molar-refractivity contribution in [2.75, 3.05) is 0 Å². The average Bonchev–Trinajstić information content (AvgIpc) is 3.29. The number of nitrogens with zero attached hydrogens (tertiary/aromatic N) is 8. The van der Waals surface area contributed by atoms with Crippen LogP contribution < -0.4 is 0 Å². The van der Waals surface area contributed by atoms with E-state index in [4.69, 9.17) is 191 Å². The second-order valence-electron chi connectivity index (χ2n) is 14.7. The van der Waals surface area contributed by atoms with Gasteiger partial charge in [0.15, 0.2) is 0 Å². The van der Waals surface area contributed by atoms with Gasteiger partial charge < -0.3 is 47.0 Å². The molecule has 0 unspecified atom stereocenters. The van der Waals surface area contributed by atoms with Crippen molar-refractivity contribution in [3.8, 4) is 0 Å². The molecule has 0 aliphatic carbocycles. The van der Waals surface area contributed by atoms with Gasteiger partial charge >= 0.3 is 39.0 Å². The maximum atomic E-state index is 7.76. The summed E-state index contributed by atoms with van der Waals surface area (Å²) in [7, 11) is 0. The Balaban J connectivity index is 0.000000275. The van der Waals surface area contributed by atoms with Gasteiger partial charge in [0.2, 0.25) is 0 Å². The van der Waals surface area contributed by atoms with Crippen molar-refractivity contribution >= 4 is 262 Å². The summed E-state index contributed by atoms with van der Waals surface area (Å²) in [6, 6.07) is 37.9. The van der Waals surface area contributed by atoms with Gasteiger partial charge in [-0.05, 0) is 179 Å². The summed E-state index contributed by atoms with van der Waals surface area (Å²) in [5.41, 5.74) is 12.5. The predicted octanol–water partition coefficient (Wildman–Crippen LogP) is 27.3. The second-order valence-corrected chi connectivity index (χ2v) is 21.6. The van der Waals surface area contributed by atoms with E-state index in [9.17, 15) is 0 Å². The number of hydrogen-bond acceptors (Lipinski definition) is 4. The van der Waals surface area contributed by atoms with Crippen LogP contribution in [0.3, 0.4) is 0 Å². The van der Waals surface area contributed by atoms with Crippen LogP contribution in [0, 0.1) is 0 Å². The molecule has 0 amide bonds. The summed E-state index contributed by atoms with van der Waals surface area (Å²) in [6.45, 7) is 0. The Morgan fingerprint density at radius 3 is 0.684 bits per heavy atom. The molecular weight excluding hydrogens is 1520 g/mol. The van der Waals surface area contributed by atoms with Crippen LogP contribution in [0.5, 0.6) is 0 Å². The molecule has 0 aliphatic rings. The SMILES string of the molecule is Clc1cc(Cl)cc(N=C[N-]c2cc(Cl)cc(Cl)c2)c1.Clc1cc(Cl)cc(N=C[N-]c2cc(Cl)cc(Cl)c2)c1.Clc1cc(Cl)cc(N=C[N-]c2cc(Cl)cc(Cl)c2)c1.[NH-]c1c(Cl)cc(Cl)cc1[N-]C=Nc1cc(Cl)cc(Cl)c1.[Ru+2].[Ru+3]. The molecule has 1 N–H and O–H groups in total. The minimum atomic E-state index is 0. The first-order valence-corrected chi connectivity index (χ1v) is 27.0. The maximum absolute atomic E-state index is 7.76. The minimum absolute atomic E-state index is 0. The Hall–Kier alpha value is -2.67. The molecule has 8 aromatic carbocycles. The van der Waals surface area contributed by atoms with E-state index in [1.807, 2.05) is 0 Å². The molecule has 0 bridgehead atoms. The normalized spacial score (nSPS) is 10.7. The molecule has 0 fully saturated rings. The van der Waals surface area contributed by atoms with Crippen molar-refractivity contribution in [1.82, 2.24) is 0 Å². The van der Waals surface area contributed by atoms with E-state index < -0.39 is 0 Å².